The summed E-state index contributed by atoms with van der Waals surface area (Å²) in [6, 6.07) is 6.56. The molecular formula is C14H22N4O3. The van der Waals surface area contributed by atoms with Gasteiger partial charge in [0.25, 0.3) is 0 Å². The molecule has 0 spiro atoms. The summed E-state index contributed by atoms with van der Waals surface area (Å²) in [5, 5.41) is 14.4. The SMILES string of the molecule is NCC(=O)NC(CCCNC(N)=O)c1ccc(CO)cc1. The zero-order valence-electron chi connectivity index (χ0n) is 11.8. The molecule has 116 valence electrons. The molecule has 21 heavy (non-hydrogen) atoms. The molecule has 0 saturated heterocycles. The molecule has 0 aliphatic carbocycles. The van der Waals surface area contributed by atoms with Gasteiger partial charge in [0, 0.05) is 6.54 Å². The highest BCUT2D eigenvalue weighted by molar-refractivity contribution is 5.78. The van der Waals surface area contributed by atoms with Gasteiger partial charge in [0.2, 0.25) is 5.91 Å². The quantitative estimate of drug-likeness (QED) is 0.423. The smallest absolute Gasteiger partial charge is 0.312 e. The number of nitrogens with two attached hydrogens (primary N) is 2. The van der Waals surface area contributed by atoms with Crippen molar-refractivity contribution >= 4 is 11.9 Å². The summed E-state index contributed by atoms with van der Waals surface area (Å²) in [6.45, 7) is 0.340. The van der Waals surface area contributed by atoms with Gasteiger partial charge in [-0.05, 0) is 24.0 Å². The van der Waals surface area contributed by atoms with Gasteiger partial charge in [-0.1, -0.05) is 24.3 Å². The molecule has 7 nitrogen and oxygen atoms in total. The van der Waals surface area contributed by atoms with Crippen LogP contribution in [0.2, 0.25) is 0 Å². The van der Waals surface area contributed by atoms with Gasteiger partial charge >= 0.3 is 6.03 Å². The van der Waals surface area contributed by atoms with Crippen LogP contribution in [0.4, 0.5) is 4.79 Å². The molecule has 1 aromatic rings. The molecule has 7 N–H and O–H groups in total. The molecule has 0 saturated carbocycles. The molecule has 0 heterocycles. The van der Waals surface area contributed by atoms with Gasteiger partial charge in [-0.2, -0.15) is 0 Å². The number of carbonyl (C=O) groups is 2. The molecule has 1 unspecified atom stereocenters. The van der Waals surface area contributed by atoms with Gasteiger partial charge in [0.05, 0.1) is 19.2 Å². The van der Waals surface area contributed by atoms with Crippen LogP contribution in [-0.2, 0) is 11.4 Å². The first-order valence-electron chi connectivity index (χ1n) is 6.79. The lowest BCUT2D eigenvalue weighted by Gasteiger charge is -2.19. The highest BCUT2D eigenvalue weighted by Gasteiger charge is 2.13. The van der Waals surface area contributed by atoms with Crippen LogP contribution < -0.4 is 22.1 Å². The van der Waals surface area contributed by atoms with Crippen molar-refractivity contribution in [3.8, 4) is 0 Å². The fraction of sp³-hybridized carbons (Fsp3) is 0.429. The highest BCUT2D eigenvalue weighted by Crippen LogP contribution is 2.19. The van der Waals surface area contributed by atoms with E-state index in [2.05, 4.69) is 10.6 Å². The van der Waals surface area contributed by atoms with Crippen molar-refractivity contribution in [2.75, 3.05) is 13.1 Å². The number of carbonyl (C=O) groups excluding carboxylic acids is 2. The minimum absolute atomic E-state index is 0.0252. The Balaban J connectivity index is 2.66. The van der Waals surface area contributed by atoms with Gasteiger partial charge in [0.15, 0.2) is 0 Å². The number of urea groups is 1. The summed E-state index contributed by atoms with van der Waals surface area (Å²) in [7, 11) is 0. The molecule has 1 rings (SSSR count). The van der Waals surface area contributed by atoms with E-state index in [-0.39, 0.29) is 25.1 Å². The summed E-state index contributed by atoms with van der Waals surface area (Å²) in [6.07, 6.45) is 1.31. The van der Waals surface area contributed by atoms with Crippen molar-refractivity contribution in [3.05, 3.63) is 35.4 Å². The Morgan fingerprint density at radius 1 is 1.24 bits per heavy atom. The number of hydrogen-bond donors (Lipinski definition) is 5. The van der Waals surface area contributed by atoms with Crippen LogP contribution in [0.25, 0.3) is 0 Å². The second kappa shape index (κ2) is 8.93. The van der Waals surface area contributed by atoms with Crippen LogP contribution in [-0.4, -0.2) is 30.1 Å². The second-order valence-electron chi connectivity index (χ2n) is 4.66. The molecule has 0 aliphatic heterocycles. The number of aliphatic hydroxyl groups is 1. The number of rotatable bonds is 8. The van der Waals surface area contributed by atoms with E-state index in [0.717, 1.165) is 11.1 Å². The van der Waals surface area contributed by atoms with Crippen LogP contribution in [0.3, 0.4) is 0 Å². The molecule has 0 fully saturated rings. The number of benzene rings is 1. The zero-order chi connectivity index (χ0) is 15.7. The van der Waals surface area contributed by atoms with Crippen molar-refractivity contribution in [2.24, 2.45) is 11.5 Å². The van der Waals surface area contributed by atoms with E-state index < -0.39 is 6.03 Å². The topological polar surface area (TPSA) is 130 Å². The van der Waals surface area contributed by atoms with E-state index in [4.69, 9.17) is 16.6 Å². The lowest BCUT2D eigenvalue weighted by atomic mass is 10.0. The Kier molecular flexibility index (Phi) is 7.20. The van der Waals surface area contributed by atoms with Gasteiger partial charge < -0.3 is 27.2 Å². The van der Waals surface area contributed by atoms with Gasteiger partial charge in [-0.25, -0.2) is 4.79 Å². The predicted octanol–water partition coefficient (Wildman–Crippen LogP) is -0.257. The van der Waals surface area contributed by atoms with Crippen LogP contribution in [0.5, 0.6) is 0 Å². The van der Waals surface area contributed by atoms with E-state index in [1.165, 1.54) is 0 Å². The van der Waals surface area contributed by atoms with Gasteiger partial charge in [-0.3, -0.25) is 4.79 Å². The van der Waals surface area contributed by atoms with Crippen molar-refractivity contribution in [1.82, 2.24) is 10.6 Å². The monoisotopic (exact) mass is 294 g/mol. The average molecular weight is 294 g/mol. The van der Waals surface area contributed by atoms with Gasteiger partial charge in [0.1, 0.15) is 0 Å². The van der Waals surface area contributed by atoms with E-state index >= 15 is 0 Å². The van der Waals surface area contributed by atoms with E-state index in [1.54, 1.807) is 12.1 Å². The molecule has 1 aromatic carbocycles. The Bertz CT molecular complexity index is 462. The third kappa shape index (κ3) is 6.24. The lowest BCUT2D eigenvalue weighted by molar-refractivity contribution is -0.120. The molecule has 7 heteroatoms. The summed E-state index contributed by atoms with van der Waals surface area (Å²) in [5.41, 5.74) is 12.0. The molecule has 0 radical (unpaired) electrons. The van der Waals surface area contributed by atoms with Crippen molar-refractivity contribution in [2.45, 2.75) is 25.5 Å². The Labute approximate surface area is 123 Å². The zero-order valence-corrected chi connectivity index (χ0v) is 11.8. The number of hydrogen-bond acceptors (Lipinski definition) is 4. The maximum atomic E-state index is 11.5. The van der Waals surface area contributed by atoms with Crippen molar-refractivity contribution < 1.29 is 14.7 Å². The summed E-state index contributed by atoms with van der Waals surface area (Å²) in [5.74, 6) is -0.242. The normalized spacial score (nSPS) is 11.7. The third-order valence-electron chi connectivity index (χ3n) is 3.05. The van der Waals surface area contributed by atoms with Crippen LogP contribution in [0, 0.1) is 0 Å². The van der Waals surface area contributed by atoms with Crippen molar-refractivity contribution in [3.63, 3.8) is 0 Å². The number of amides is 3. The van der Waals surface area contributed by atoms with E-state index in [9.17, 15) is 9.59 Å². The van der Waals surface area contributed by atoms with Crippen LogP contribution >= 0.6 is 0 Å². The summed E-state index contributed by atoms with van der Waals surface area (Å²) in [4.78, 5) is 22.1. The highest BCUT2D eigenvalue weighted by atomic mass is 16.3. The minimum Gasteiger partial charge on any atom is -0.392 e. The second-order valence-corrected chi connectivity index (χ2v) is 4.66. The van der Waals surface area contributed by atoms with E-state index in [1.807, 2.05) is 12.1 Å². The molecule has 0 bridgehead atoms. The summed E-state index contributed by atoms with van der Waals surface area (Å²) >= 11 is 0. The van der Waals surface area contributed by atoms with Crippen molar-refractivity contribution in [1.29, 1.82) is 0 Å². The Morgan fingerprint density at radius 3 is 2.43 bits per heavy atom. The first-order valence-corrected chi connectivity index (χ1v) is 6.79. The largest absolute Gasteiger partial charge is 0.392 e. The Hall–Kier alpha value is -2.12. The third-order valence-corrected chi connectivity index (χ3v) is 3.05. The Morgan fingerprint density at radius 2 is 1.90 bits per heavy atom. The molecular weight excluding hydrogens is 272 g/mol. The fourth-order valence-electron chi connectivity index (χ4n) is 1.95. The first kappa shape index (κ1) is 16.9. The maximum absolute atomic E-state index is 11.5. The molecule has 0 aliphatic rings. The lowest BCUT2D eigenvalue weighted by Crippen LogP contribution is -2.35. The number of aliphatic hydroxyl groups excluding tert-OH is 1. The standard InChI is InChI=1S/C14H22N4O3/c15-8-13(20)18-12(2-1-7-17-14(16)21)11-5-3-10(9-19)4-6-11/h3-6,12,19H,1-2,7-9,15H2,(H,18,20)(H3,16,17,21). The first-order chi connectivity index (χ1) is 10.1. The fourth-order valence-corrected chi connectivity index (χ4v) is 1.95. The maximum Gasteiger partial charge on any atom is 0.312 e. The predicted molar refractivity (Wildman–Crippen MR) is 79.1 cm³/mol. The average Bonchev–Trinajstić information content (AvgIpc) is 2.50. The molecule has 3 amide bonds. The molecule has 1 atom stereocenters. The van der Waals surface area contributed by atoms with Crippen LogP contribution in [0.1, 0.15) is 30.0 Å². The van der Waals surface area contributed by atoms with E-state index in [0.29, 0.717) is 19.4 Å². The summed E-state index contributed by atoms with van der Waals surface area (Å²) < 4.78 is 0. The minimum atomic E-state index is -0.565. The number of primary amides is 1. The van der Waals surface area contributed by atoms with Crippen LogP contribution in [0.15, 0.2) is 24.3 Å². The molecule has 0 aromatic heterocycles. The van der Waals surface area contributed by atoms with Gasteiger partial charge in [-0.15, -0.1) is 0 Å². The number of nitrogens with one attached hydrogen (secondary N) is 2.